The van der Waals surface area contributed by atoms with Crippen molar-refractivity contribution in [2.24, 2.45) is 0 Å². The van der Waals surface area contributed by atoms with Gasteiger partial charge in [-0.2, -0.15) is 0 Å². The molecule has 1 saturated heterocycles. The first-order chi connectivity index (χ1) is 16.2. The van der Waals surface area contributed by atoms with E-state index in [0.29, 0.717) is 6.42 Å². The molecule has 0 radical (unpaired) electrons. The molecule has 10 nitrogen and oxygen atoms in total. The number of aromatic carboxylic acids is 1. The number of anilines is 1. The van der Waals surface area contributed by atoms with Gasteiger partial charge in [-0.3, -0.25) is 29.4 Å². The molecule has 0 saturated carbocycles. The van der Waals surface area contributed by atoms with Crippen LogP contribution in [0.1, 0.15) is 41.3 Å². The van der Waals surface area contributed by atoms with Crippen LogP contribution < -0.4 is 5.32 Å². The lowest BCUT2D eigenvalue weighted by Crippen LogP contribution is -2.33. The number of nitro benzene ring substituents is 1. The standard InChI is InChI=1S/C23H23N3O7S/c1-2-14-5-7-15(8-6-14)12-19-21(28)25(23(31)34-19)11-3-4-20(27)24-16-9-10-17(22(29)30)18(13-16)26(32)33/h5-10,13,19H,2-4,11-12H2,1H3,(H,24,27)(H,29,30). The highest BCUT2D eigenvalue weighted by Gasteiger charge is 2.39. The Morgan fingerprint density at radius 1 is 1.15 bits per heavy atom. The van der Waals surface area contributed by atoms with Crippen LogP contribution in [0.3, 0.4) is 0 Å². The Balaban J connectivity index is 1.51. The van der Waals surface area contributed by atoms with E-state index in [1.54, 1.807) is 0 Å². The molecule has 3 amide bonds. The van der Waals surface area contributed by atoms with Gasteiger partial charge in [0, 0.05) is 24.7 Å². The maximum absolute atomic E-state index is 12.7. The second kappa shape index (κ2) is 10.9. The Labute approximate surface area is 199 Å². The number of rotatable bonds is 10. The SMILES string of the molecule is CCc1ccc(CC2SC(=O)N(CCCC(=O)Nc3ccc(C(=O)O)c([N+](=O)[O-])c3)C2=O)cc1. The molecule has 2 aromatic carbocycles. The van der Waals surface area contributed by atoms with Crippen LogP contribution in [0, 0.1) is 10.1 Å². The molecule has 1 aliphatic heterocycles. The minimum atomic E-state index is -1.45. The molecular weight excluding hydrogens is 462 g/mol. The lowest BCUT2D eigenvalue weighted by Gasteiger charge is -2.14. The third kappa shape index (κ3) is 5.98. The van der Waals surface area contributed by atoms with Crippen molar-refractivity contribution in [1.82, 2.24) is 4.90 Å². The third-order valence-corrected chi connectivity index (χ3v) is 6.43. The minimum absolute atomic E-state index is 0.0284. The van der Waals surface area contributed by atoms with E-state index in [9.17, 15) is 29.3 Å². The molecule has 1 atom stereocenters. The molecule has 1 heterocycles. The fourth-order valence-electron chi connectivity index (χ4n) is 3.52. The van der Waals surface area contributed by atoms with Gasteiger partial charge in [0.15, 0.2) is 0 Å². The Kier molecular flexibility index (Phi) is 8.00. The number of aryl methyl sites for hydroxylation is 1. The van der Waals surface area contributed by atoms with Gasteiger partial charge in [-0.1, -0.05) is 43.0 Å². The summed E-state index contributed by atoms with van der Waals surface area (Å²) in [5, 5.41) is 21.7. The lowest BCUT2D eigenvalue weighted by atomic mass is 10.1. The average molecular weight is 486 g/mol. The van der Waals surface area contributed by atoms with Gasteiger partial charge in [0.25, 0.3) is 10.9 Å². The van der Waals surface area contributed by atoms with E-state index < -0.39 is 33.3 Å². The summed E-state index contributed by atoms with van der Waals surface area (Å²) in [6.07, 6.45) is 1.56. The monoisotopic (exact) mass is 485 g/mol. The molecule has 11 heteroatoms. The van der Waals surface area contributed by atoms with Gasteiger partial charge in [-0.25, -0.2) is 4.79 Å². The Hall–Kier alpha value is -3.73. The van der Waals surface area contributed by atoms with Crippen molar-refractivity contribution in [3.63, 3.8) is 0 Å². The highest BCUT2D eigenvalue weighted by atomic mass is 32.2. The van der Waals surface area contributed by atoms with Gasteiger partial charge in [0.2, 0.25) is 11.8 Å². The summed E-state index contributed by atoms with van der Waals surface area (Å²) in [5.41, 5.74) is 1.13. The zero-order valence-corrected chi connectivity index (χ0v) is 19.2. The zero-order chi connectivity index (χ0) is 24.8. The summed E-state index contributed by atoms with van der Waals surface area (Å²) in [4.78, 5) is 59.6. The summed E-state index contributed by atoms with van der Waals surface area (Å²) in [7, 11) is 0. The summed E-state index contributed by atoms with van der Waals surface area (Å²) < 4.78 is 0. The quantitative estimate of drug-likeness (QED) is 0.381. The second-order valence-corrected chi connectivity index (χ2v) is 8.84. The largest absolute Gasteiger partial charge is 0.477 e. The second-order valence-electron chi connectivity index (χ2n) is 7.68. The first kappa shape index (κ1) is 24.9. The number of benzene rings is 2. The van der Waals surface area contributed by atoms with Crippen LogP contribution in [-0.2, 0) is 22.4 Å². The van der Waals surface area contributed by atoms with Crippen molar-refractivity contribution < 1.29 is 29.2 Å². The first-order valence-electron chi connectivity index (χ1n) is 10.6. The van der Waals surface area contributed by atoms with E-state index in [2.05, 4.69) is 12.2 Å². The number of hydrogen-bond acceptors (Lipinski definition) is 7. The molecule has 2 N–H and O–H groups in total. The van der Waals surface area contributed by atoms with Gasteiger partial charge >= 0.3 is 5.97 Å². The summed E-state index contributed by atoms with van der Waals surface area (Å²) in [6, 6.07) is 11.2. The van der Waals surface area contributed by atoms with Crippen LogP contribution >= 0.6 is 11.8 Å². The van der Waals surface area contributed by atoms with Crippen molar-refractivity contribution >= 4 is 46.2 Å². The van der Waals surface area contributed by atoms with Crippen LogP contribution in [0.2, 0.25) is 0 Å². The number of amides is 3. The fourth-order valence-corrected chi connectivity index (χ4v) is 4.57. The maximum atomic E-state index is 12.7. The lowest BCUT2D eigenvalue weighted by molar-refractivity contribution is -0.385. The van der Waals surface area contributed by atoms with E-state index in [4.69, 9.17) is 5.11 Å². The third-order valence-electron chi connectivity index (χ3n) is 5.35. The number of imide groups is 1. The zero-order valence-electron chi connectivity index (χ0n) is 18.4. The minimum Gasteiger partial charge on any atom is -0.477 e. The van der Waals surface area contributed by atoms with E-state index >= 15 is 0 Å². The van der Waals surface area contributed by atoms with Crippen molar-refractivity contribution in [1.29, 1.82) is 0 Å². The van der Waals surface area contributed by atoms with E-state index in [-0.39, 0.29) is 36.2 Å². The predicted molar refractivity (Wildman–Crippen MR) is 126 cm³/mol. The van der Waals surface area contributed by atoms with Gasteiger partial charge in [0.1, 0.15) is 5.56 Å². The number of carboxylic acids is 1. The predicted octanol–water partition coefficient (Wildman–Crippen LogP) is 3.88. The van der Waals surface area contributed by atoms with E-state index in [0.717, 1.165) is 40.8 Å². The molecule has 2 aromatic rings. The molecule has 178 valence electrons. The average Bonchev–Trinajstić information content (AvgIpc) is 3.06. The Morgan fingerprint density at radius 3 is 2.44 bits per heavy atom. The van der Waals surface area contributed by atoms with Gasteiger partial charge in [-0.05, 0) is 42.5 Å². The number of thioether (sulfide) groups is 1. The normalized spacial score (nSPS) is 15.4. The molecule has 1 fully saturated rings. The van der Waals surface area contributed by atoms with Crippen LogP contribution in [0.15, 0.2) is 42.5 Å². The number of carbonyl (C=O) groups is 4. The molecule has 0 aromatic heterocycles. The molecule has 0 aliphatic carbocycles. The fraction of sp³-hybridized carbons (Fsp3) is 0.304. The summed E-state index contributed by atoms with van der Waals surface area (Å²) in [5.74, 6) is -2.20. The van der Waals surface area contributed by atoms with Crippen molar-refractivity contribution in [2.75, 3.05) is 11.9 Å². The number of hydrogen-bond donors (Lipinski definition) is 2. The topological polar surface area (TPSA) is 147 Å². The Bertz CT molecular complexity index is 1130. The van der Waals surface area contributed by atoms with E-state index in [1.165, 1.54) is 11.6 Å². The molecule has 3 rings (SSSR count). The molecule has 1 aliphatic rings. The highest BCUT2D eigenvalue weighted by Crippen LogP contribution is 2.30. The van der Waals surface area contributed by atoms with E-state index in [1.807, 2.05) is 24.3 Å². The smallest absolute Gasteiger partial charge is 0.342 e. The van der Waals surface area contributed by atoms with Crippen molar-refractivity contribution in [3.05, 3.63) is 69.3 Å². The number of nitrogens with zero attached hydrogens (tertiary/aromatic N) is 2. The van der Waals surface area contributed by atoms with Crippen LogP contribution in [0.5, 0.6) is 0 Å². The molecular formula is C23H23N3O7S. The number of nitrogens with one attached hydrogen (secondary N) is 1. The summed E-state index contributed by atoms with van der Waals surface area (Å²) >= 11 is 0.981. The number of nitro groups is 1. The Morgan fingerprint density at radius 2 is 1.82 bits per heavy atom. The number of carboxylic acid groups (broad SMARTS) is 1. The molecule has 34 heavy (non-hydrogen) atoms. The van der Waals surface area contributed by atoms with Gasteiger partial charge in [0.05, 0.1) is 10.2 Å². The van der Waals surface area contributed by atoms with Crippen LogP contribution in [0.4, 0.5) is 16.2 Å². The van der Waals surface area contributed by atoms with Crippen molar-refractivity contribution in [3.8, 4) is 0 Å². The molecule has 0 bridgehead atoms. The van der Waals surface area contributed by atoms with Crippen LogP contribution in [-0.4, -0.2) is 49.7 Å². The van der Waals surface area contributed by atoms with Gasteiger partial charge < -0.3 is 10.4 Å². The maximum Gasteiger partial charge on any atom is 0.342 e. The molecule has 0 spiro atoms. The summed E-state index contributed by atoms with van der Waals surface area (Å²) in [6.45, 7) is 2.14. The molecule has 1 unspecified atom stereocenters. The van der Waals surface area contributed by atoms with Crippen molar-refractivity contribution in [2.45, 2.75) is 37.9 Å². The highest BCUT2D eigenvalue weighted by molar-refractivity contribution is 8.15. The number of carbonyl (C=O) groups excluding carboxylic acids is 3. The van der Waals surface area contributed by atoms with Gasteiger partial charge in [-0.15, -0.1) is 0 Å². The first-order valence-corrected chi connectivity index (χ1v) is 11.5. The van der Waals surface area contributed by atoms with Crippen LogP contribution in [0.25, 0.3) is 0 Å².